The summed E-state index contributed by atoms with van der Waals surface area (Å²) in [5.41, 5.74) is 0.140. The van der Waals surface area contributed by atoms with Crippen molar-refractivity contribution in [1.82, 2.24) is 9.88 Å². The third-order valence-corrected chi connectivity index (χ3v) is 2.93. The van der Waals surface area contributed by atoms with Crippen LogP contribution in [-0.2, 0) is 0 Å². The molecule has 86 valence electrons. The highest BCUT2D eigenvalue weighted by atomic mass is 79.9. The molecule has 0 spiro atoms. The van der Waals surface area contributed by atoms with Crippen molar-refractivity contribution in [2.24, 2.45) is 0 Å². The van der Waals surface area contributed by atoms with E-state index in [2.05, 4.69) is 20.9 Å². The molecule has 0 atom stereocenters. The first-order valence-electron chi connectivity index (χ1n) is 5.28. The Morgan fingerprint density at radius 1 is 1.50 bits per heavy atom. The largest absolute Gasteiger partial charge is 0.334 e. The molecule has 0 unspecified atom stereocenters. The van der Waals surface area contributed by atoms with E-state index in [1.54, 1.807) is 12.1 Å². The number of nitrogens with one attached hydrogen (secondary N) is 1. The van der Waals surface area contributed by atoms with Gasteiger partial charge in [-0.25, -0.2) is 0 Å². The van der Waals surface area contributed by atoms with Crippen LogP contribution in [-0.4, -0.2) is 33.7 Å². The molecule has 0 saturated heterocycles. The Morgan fingerprint density at radius 2 is 2.25 bits per heavy atom. The first kappa shape index (κ1) is 11.4. The fourth-order valence-corrected chi connectivity index (χ4v) is 2.04. The summed E-state index contributed by atoms with van der Waals surface area (Å²) < 4.78 is 0. The maximum Gasteiger partial charge on any atom is 0.270 e. The number of hydrogen-bond donors (Lipinski definition) is 1. The van der Waals surface area contributed by atoms with Crippen molar-refractivity contribution >= 4 is 21.8 Å². The van der Waals surface area contributed by atoms with Gasteiger partial charge in [0.05, 0.1) is 0 Å². The van der Waals surface area contributed by atoms with Crippen LogP contribution in [0.5, 0.6) is 0 Å². The number of nitrogens with zero attached hydrogens (tertiary/aromatic N) is 1. The third-order valence-electron chi connectivity index (χ3n) is 2.57. The Kier molecular flexibility index (Phi) is 3.43. The Bertz CT molecular complexity index is 440. The highest BCUT2D eigenvalue weighted by Crippen LogP contribution is 2.27. The van der Waals surface area contributed by atoms with Crippen LogP contribution in [0.15, 0.2) is 23.0 Å². The van der Waals surface area contributed by atoms with Gasteiger partial charge in [-0.2, -0.15) is 0 Å². The van der Waals surface area contributed by atoms with E-state index >= 15 is 0 Å². The van der Waals surface area contributed by atoms with Crippen molar-refractivity contribution in [1.29, 1.82) is 0 Å². The first-order valence-corrected chi connectivity index (χ1v) is 6.41. The van der Waals surface area contributed by atoms with E-state index in [9.17, 15) is 9.59 Å². The van der Waals surface area contributed by atoms with Crippen molar-refractivity contribution < 1.29 is 4.79 Å². The van der Waals surface area contributed by atoms with Crippen LogP contribution in [0.25, 0.3) is 0 Å². The lowest BCUT2D eigenvalue weighted by Crippen LogP contribution is -2.35. The molecule has 5 heteroatoms. The molecule has 0 aromatic carbocycles. The molecule has 0 aliphatic heterocycles. The van der Waals surface area contributed by atoms with Gasteiger partial charge < -0.3 is 9.88 Å². The van der Waals surface area contributed by atoms with Crippen LogP contribution < -0.4 is 5.56 Å². The van der Waals surface area contributed by atoms with Crippen LogP contribution in [0.2, 0.25) is 0 Å². The number of pyridine rings is 1. The van der Waals surface area contributed by atoms with Gasteiger partial charge in [-0.3, -0.25) is 9.59 Å². The molecular formula is C11H13BrN2O2. The zero-order valence-corrected chi connectivity index (χ0v) is 10.4. The number of carbonyl (C=O) groups excluding carboxylic acids is 1. The van der Waals surface area contributed by atoms with E-state index in [0.29, 0.717) is 18.3 Å². The van der Waals surface area contributed by atoms with Gasteiger partial charge in [0, 0.05) is 24.0 Å². The van der Waals surface area contributed by atoms with Crippen molar-refractivity contribution in [3.05, 3.63) is 34.2 Å². The highest BCUT2D eigenvalue weighted by Gasteiger charge is 2.32. The van der Waals surface area contributed by atoms with Crippen LogP contribution in [0, 0.1) is 0 Å². The molecule has 1 fully saturated rings. The highest BCUT2D eigenvalue weighted by molar-refractivity contribution is 9.09. The number of aromatic amines is 1. The molecule has 1 aromatic rings. The monoisotopic (exact) mass is 284 g/mol. The summed E-state index contributed by atoms with van der Waals surface area (Å²) in [4.78, 5) is 27.6. The molecule has 1 aliphatic rings. The van der Waals surface area contributed by atoms with E-state index in [1.165, 1.54) is 6.07 Å². The van der Waals surface area contributed by atoms with Crippen molar-refractivity contribution in [3.63, 3.8) is 0 Å². The lowest BCUT2D eigenvalue weighted by atomic mass is 10.3. The fourth-order valence-electron chi connectivity index (χ4n) is 1.65. The second kappa shape index (κ2) is 4.82. The van der Waals surface area contributed by atoms with E-state index in [0.717, 1.165) is 18.2 Å². The van der Waals surface area contributed by atoms with Crippen molar-refractivity contribution in [3.8, 4) is 0 Å². The molecule has 16 heavy (non-hydrogen) atoms. The van der Waals surface area contributed by atoms with E-state index < -0.39 is 0 Å². The first-order chi connectivity index (χ1) is 7.72. The summed E-state index contributed by atoms with van der Waals surface area (Å²) >= 11 is 3.34. The minimum atomic E-state index is -0.236. The Labute approximate surface area is 102 Å². The van der Waals surface area contributed by atoms with Gasteiger partial charge in [0.1, 0.15) is 5.69 Å². The van der Waals surface area contributed by atoms with Crippen LogP contribution in [0.1, 0.15) is 23.3 Å². The van der Waals surface area contributed by atoms with Crippen LogP contribution in [0.3, 0.4) is 0 Å². The number of carbonyl (C=O) groups is 1. The molecule has 1 amide bonds. The summed E-state index contributed by atoms with van der Waals surface area (Å²) in [6.07, 6.45) is 2.13. The van der Waals surface area contributed by atoms with E-state index in [4.69, 9.17) is 0 Å². The predicted octanol–water partition coefficient (Wildman–Crippen LogP) is 1.37. The quantitative estimate of drug-likeness (QED) is 0.850. The third kappa shape index (κ3) is 2.52. The van der Waals surface area contributed by atoms with Gasteiger partial charge in [0.2, 0.25) is 5.56 Å². The molecule has 4 nitrogen and oxygen atoms in total. The number of amides is 1. The molecule has 1 aliphatic carbocycles. The number of rotatable bonds is 4. The molecule has 1 aromatic heterocycles. The van der Waals surface area contributed by atoms with Crippen molar-refractivity contribution in [2.45, 2.75) is 18.9 Å². The molecule has 1 saturated carbocycles. The number of aromatic nitrogens is 1. The molecule has 0 bridgehead atoms. The molecule has 1 heterocycles. The fraction of sp³-hybridized carbons (Fsp3) is 0.455. The summed E-state index contributed by atoms with van der Waals surface area (Å²) in [6, 6.07) is 5.01. The second-order valence-electron chi connectivity index (χ2n) is 3.85. The zero-order chi connectivity index (χ0) is 11.5. The normalized spacial score (nSPS) is 14.8. The zero-order valence-electron chi connectivity index (χ0n) is 8.78. The van der Waals surface area contributed by atoms with Gasteiger partial charge in [-0.15, -0.1) is 0 Å². The maximum absolute atomic E-state index is 12.1. The van der Waals surface area contributed by atoms with Gasteiger partial charge in [-0.1, -0.05) is 22.0 Å². The van der Waals surface area contributed by atoms with Gasteiger partial charge in [0.15, 0.2) is 0 Å². The maximum atomic E-state index is 12.1. The number of H-pyrrole nitrogens is 1. The Morgan fingerprint density at radius 3 is 2.81 bits per heavy atom. The minimum Gasteiger partial charge on any atom is -0.334 e. The lowest BCUT2D eigenvalue weighted by molar-refractivity contribution is 0.0748. The van der Waals surface area contributed by atoms with E-state index in [-0.39, 0.29) is 11.5 Å². The Hall–Kier alpha value is -1.10. The SMILES string of the molecule is O=C(c1cccc(=O)[nH]1)N(CCBr)C1CC1. The average molecular weight is 285 g/mol. The van der Waals surface area contributed by atoms with Gasteiger partial charge >= 0.3 is 0 Å². The van der Waals surface area contributed by atoms with Crippen LogP contribution >= 0.6 is 15.9 Å². The van der Waals surface area contributed by atoms with Crippen LogP contribution in [0.4, 0.5) is 0 Å². The summed E-state index contributed by atoms with van der Waals surface area (Å²) in [7, 11) is 0. The number of hydrogen-bond acceptors (Lipinski definition) is 2. The predicted molar refractivity (Wildman–Crippen MR) is 64.9 cm³/mol. The smallest absolute Gasteiger partial charge is 0.270 e. The van der Waals surface area contributed by atoms with Gasteiger partial charge in [0.25, 0.3) is 5.91 Å². The number of alkyl halides is 1. The topological polar surface area (TPSA) is 53.2 Å². The molecular weight excluding hydrogens is 272 g/mol. The standard InChI is InChI=1S/C11H13BrN2O2/c12-6-7-14(8-4-5-8)11(16)9-2-1-3-10(15)13-9/h1-3,8H,4-7H2,(H,13,15). The van der Waals surface area contributed by atoms with E-state index in [1.807, 2.05) is 4.90 Å². The average Bonchev–Trinajstić information content (AvgIpc) is 3.09. The number of halogens is 1. The molecule has 1 N–H and O–H groups in total. The van der Waals surface area contributed by atoms with Gasteiger partial charge in [-0.05, 0) is 18.9 Å². The Balaban J connectivity index is 2.18. The summed E-state index contributed by atoms with van der Waals surface area (Å²) in [5.74, 6) is -0.0837. The molecule has 2 rings (SSSR count). The van der Waals surface area contributed by atoms with Crippen molar-refractivity contribution in [2.75, 3.05) is 11.9 Å². The lowest BCUT2D eigenvalue weighted by Gasteiger charge is -2.20. The minimum absolute atomic E-state index is 0.0837. The molecule has 0 radical (unpaired) electrons. The summed E-state index contributed by atoms with van der Waals surface area (Å²) in [6.45, 7) is 0.681. The second-order valence-corrected chi connectivity index (χ2v) is 4.64. The summed E-state index contributed by atoms with van der Waals surface area (Å²) in [5, 5.41) is 0.756.